The minimum absolute atomic E-state index is 0.0766. The number of morpholine rings is 1. The zero-order chi connectivity index (χ0) is 17.2. The summed E-state index contributed by atoms with van der Waals surface area (Å²) in [6.45, 7) is 3.74. The molecule has 128 valence electrons. The Labute approximate surface area is 145 Å². The molecule has 2 heterocycles. The molecule has 1 aromatic heterocycles. The van der Waals surface area contributed by atoms with Crippen LogP contribution in [-0.4, -0.2) is 41.7 Å². The number of nitrogens with zero attached hydrogens (tertiary/aromatic N) is 2. The van der Waals surface area contributed by atoms with E-state index in [-0.39, 0.29) is 12.1 Å². The number of benzene rings is 2. The Bertz CT molecular complexity index is 855. The molecule has 6 heteroatoms. The number of oxazole rings is 1. The van der Waals surface area contributed by atoms with Crippen LogP contribution in [0.5, 0.6) is 0 Å². The number of para-hydroxylation sites is 2. The molecule has 4 rings (SSSR count). The van der Waals surface area contributed by atoms with E-state index in [1.54, 1.807) is 4.90 Å². The molecule has 6 nitrogen and oxygen atoms in total. The predicted octanol–water partition coefficient (Wildman–Crippen LogP) is 3.75. The Morgan fingerprint density at radius 1 is 1.20 bits per heavy atom. The third kappa shape index (κ3) is 3.21. The van der Waals surface area contributed by atoms with Crippen LogP contribution in [0.15, 0.2) is 52.9 Å². The van der Waals surface area contributed by atoms with E-state index in [4.69, 9.17) is 9.15 Å². The van der Waals surface area contributed by atoms with Crippen LogP contribution < -0.4 is 5.32 Å². The number of ether oxygens (including phenoxy) is 1. The van der Waals surface area contributed by atoms with Crippen molar-refractivity contribution in [1.82, 2.24) is 9.88 Å². The molecular weight excluding hydrogens is 318 g/mol. The summed E-state index contributed by atoms with van der Waals surface area (Å²) in [5.74, 6) is 0.570. The summed E-state index contributed by atoms with van der Waals surface area (Å²) in [7, 11) is 0. The van der Waals surface area contributed by atoms with E-state index in [2.05, 4.69) is 10.3 Å². The Hall–Kier alpha value is -2.86. The van der Waals surface area contributed by atoms with Crippen molar-refractivity contribution in [2.75, 3.05) is 25.1 Å². The summed E-state index contributed by atoms with van der Waals surface area (Å²) >= 11 is 0. The van der Waals surface area contributed by atoms with Gasteiger partial charge in [0.05, 0.1) is 19.3 Å². The van der Waals surface area contributed by atoms with E-state index in [1.807, 2.05) is 55.5 Å². The van der Waals surface area contributed by atoms with E-state index in [0.717, 1.165) is 22.4 Å². The molecule has 0 spiro atoms. The second kappa shape index (κ2) is 6.57. The van der Waals surface area contributed by atoms with Gasteiger partial charge in [-0.25, -0.2) is 9.78 Å². The molecule has 1 aliphatic rings. The topological polar surface area (TPSA) is 67.6 Å². The summed E-state index contributed by atoms with van der Waals surface area (Å²) < 4.78 is 11.1. The molecule has 2 amide bonds. The molecule has 1 fully saturated rings. The van der Waals surface area contributed by atoms with E-state index in [9.17, 15) is 4.79 Å². The van der Waals surface area contributed by atoms with Gasteiger partial charge in [0.2, 0.25) is 5.89 Å². The van der Waals surface area contributed by atoms with Gasteiger partial charge in [-0.1, -0.05) is 12.1 Å². The summed E-state index contributed by atoms with van der Waals surface area (Å²) in [5, 5.41) is 2.93. The second-order valence-corrected chi connectivity index (χ2v) is 6.11. The van der Waals surface area contributed by atoms with Gasteiger partial charge in [0.1, 0.15) is 5.52 Å². The van der Waals surface area contributed by atoms with Gasteiger partial charge in [-0.3, -0.25) is 0 Å². The third-order valence-electron chi connectivity index (χ3n) is 4.31. The Morgan fingerprint density at radius 2 is 2.00 bits per heavy atom. The van der Waals surface area contributed by atoms with Crippen molar-refractivity contribution < 1.29 is 13.9 Å². The fraction of sp³-hybridized carbons (Fsp3) is 0.263. The average Bonchev–Trinajstić information content (AvgIpc) is 3.07. The normalized spacial score (nSPS) is 17.6. The lowest BCUT2D eigenvalue weighted by Gasteiger charge is -2.33. The Kier molecular flexibility index (Phi) is 4.11. The second-order valence-electron chi connectivity index (χ2n) is 6.11. The van der Waals surface area contributed by atoms with Crippen molar-refractivity contribution in [3.8, 4) is 11.5 Å². The molecule has 3 aromatic rings. The van der Waals surface area contributed by atoms with Crippen molar-refractivity contribution >= 4 is 22.8 Å². The van der Waals surface area contributed by atoms with Gasteiger partial charge in [-0.05, 0) is 43.3 Å². The highest BCUT2D eigenvalue weighted by molar-refractivity contribution is 5.90. The van der Waals surface area contributed by atoms with Crippen LogP contribution in [0.2, 0.25) is 0 Å². The first-order chi connectivity index (χ1) is 12.2. The van der Waals surface area contributed by atoms with E-state index >= 15 is 0 Å². The molecule has 1 aliphatic heterocycles. The van der Waals surface area contributed by atoms with Gasteiger partial charge in [0.15, 0.2) is 5.58 Å². The molecule has 25 heavy (non-hydrogen) atoms. The lowest BCUT2D eigenvalue weighted by Crippen LogP contribution is -2.48. The number of carbonyl (C=O) groups excluding carboxylic acids is 1. The lowest BCUT2D eigenvalue weighted by atomic mass is 10.2. The van der Waals surface area contributed by atoms with Crippen molar-refractivity contribution in [3.05, 3.63) is 48.5 Å². The number of urea groups is 1. The lowest BCUT2D eigenvalue weighted by molar-refractivity contribution is 0.0222. The van der Waals surface area contributed by atoms with Gasteiger partial charge in [0.25, 0.3) is 0 Å². The fourth-order valence-corrected chi connectivity index (χ4v) is 2.92. The molecule has 1 saturated heterocycles. The number of hydrogen-bond acceptors (Lipinski definition) is 4. The summed E-state index contributed by atoms with van der Waals surface area (Å²) in [6.07, 6.45) is 0. The Balaban J connectivity index is 1.49. The van der Waals surface area contributed by atoms with Gasteiger partial charge < -0.3 is 19.4 Å². The number of nitrogens with one attached hydrogen (secondary N) is 1. The molecule has 0 saturated carbocycles. The maximum atomic E-state index is 12.4. The summed E-state index contributed by atoms with van der Waals surface area (Å²) in [4.78, 5) is 18.6. The SMILES string of the molecule is C[C@@H]1COCCN1C(=O)Nc1ccc(-c2nc3ccccc3o2)cc1. The first kappa shape index (κ1) is 15.7. The molecule has 0 aliphatic carbocycles. The third-order valence-corrected chi connectivity index (χ3v) is 4.31. The van der Waals surface area contributed by atoms with Crippen molar-refractivity contribution in [2.45, 2.75) is 13.0 Å². The van der Waals surface area contributed by atoms with Gasteiger partial charge in [-0.15, -0.1) is 0 Å². The van der Waals surface area contributed by atoms with Crippen LogP contribution in [0.1, 0.15) is 6.92 Å². The first-order valence-corrected chi connectivity index (χ1v) is 8.32. The largest absolute Gasteiger partial charge is 0.436 e. The maximum absolute atomic E-state index is 12.4. The zero-order valence-corrected chi connectivity index (χ0v) is 13.9. The Morgan fingerprint density at radius 3 is 2.76 bits per heavy atom. The monoisotopic (exact) mass is 337 g/mol. The smallest absolute Gasteiger partial charge is 0.322 e. The van der Waals surface area contributed by atoms with Crippen molar-refractivity contribution in [3.63, 3.8) is 0 Å². The van der Waals surface area contributed by atoms with E-state index in [1.165, 1.54) is 0 Å². The number of hydrogen-bond donors (Lipinski definition) is 1. The molecule has 0 radical (unpaired) electrons. The predicted molar refractivity (Wildman–Crippen MR) is 95.5 cm³/mol. The number of aromatic nitrogens is 1. The quantitative estimate of drug-likeness (QED) is 0.773. The van der Waals surface area contributed by atoms with Gasteiger partial charge in [-0.2, -0.15) is 0 Å². The van der Waals surface area contributed by atoms with Crippen LogP contribution in [0.3, 0.4) is 0 Å². The first-order valence-electron chi connectivity index (χ1n) is 8.32. The fourth-order valence-electron chi connectivity index (χ4n) is 2.92. The number of fused-ring (bicyclic) bond motifs is 1. The molecule has 1 atom stereocenters. The van der Waals surface area contributed by atoms with E-state index in [0.29, 0.717) is 25.6 Å². The zero-order valence-electron chi connectivity index (χ0n) is 13.9. The number of anilines is 1. The minimum atomic E-state index is -0.106. The van der Waals surface area contributed by atoms with Gasteiger partial charge in [0, 0.05) is 17.8 Å². The highest BCUT2D eigenvalue weighted by Crippen LogP contribution is 2.25. The average molecular weight is 337 g/mol. The highest BCUT2D eigenvalue weighted by Gasteiger charge is 2.23. The standard InChI is InChI=1S/C19H19N3O3/c1-13-12-24-11-10-22(13)19(23)20-15-8-6-14(7-9-15)18-21-16-4-2-3-5-17(16)25-18/h2-9,13H,10-12H2,1H3,(H,20,23)/t13-/m1/s1. The number of amides is 2. The minimum Gasteiger partial charge on any atom is -0.436 e. The molecule has 1 N–H and O–H groups in total. The van der Waals surface area contributed by atoms with Crippen molar-refractivity contribution in [1.29, 1.82) is 0 Å². The van der Waals surface area contributed by atoms with Crippen LogP contribution in [0.4, 0.5) is 10.5 Å². The van der Waals surface area contributed by atoms with E-state index < -0.39 is 0 Å². The highest BCUT2D eigenvalue weighted by atomic mass is 16.5. The summed E-state index contributed by atoms with van der Waals surface area (Å²) in [5.41, 5.74) is 3.20. The van der Waals surface area contributed by atoms with Crippen LogP contribution in [-0.2, 0) is 4.74 Å². The number of rotatable bonds is 2. The van der Waals surface area contributed by atoms with Crippen LogP contribution in [0, 0.1) is 0 Å². The number of carbonyl (C=O) groups is 1. The molecular formula is C19H19N3O3. The summed E-state index contributed by atoms with van der Waals surface area (Å²) in [6, 6.07) is 15.1. The molecule has 0 unspecified atom stereocenters. The van der Waals surface area contributed by atoms with Crippen molar-refractivity contribution in [2.24, 2.45) is 0 Å². The van der Waals surface area contributed by atoms with Gasteiger partial charge >= 0.3 is 6.03 Å². The molecule has 0 bridgehead atoms. The molecule has 2 aromatic carbocycles. The van der Waals surface area contributed by atoms with Crippen LogP contribution >= 0.6 is 0 Å². The van der Waals surface area contributed by atoms with Crippen LogP contribution in [0.25, 0.3) is 22.6 Å². The maximum Gasteiger partial charge on any atom is 0.322 e.